The highest BCUT2D eigenvalue weighted by atomic mass is 19.2. The molecule has 0 saturated heterocycles. The van der Waals surface area contributed by atoms with Gasteiger partial charge in [0, 0.05) is 0 Å². The summed E-state index contributed by atoms with van der Waals surface area (Å²) in [5.41, 5.74) is 3.22. The zero-order valence-corrected chi connectivity index (χ0v) is 12.3. The van der Waals surface area contributed by atoms with Crippen LogP contribution in [0.3, 0.4) is 0 Å². The second kappa shape index (κ2) is 7.72. The Labute approximate surface area is 125 Å². The van der Waals surface area contributed by atoms with E-state index in [2.05, 4.69) is 43.3 Å². The lowest BCUT2D eigenvalue weighted by Gasteiger charge is -2.04. The van der Waals surface area contributed by atoms with Crippen molar-refractivity contribution < 1.29 is 8.78 Å². The number of benzene rings is 2. The van der Waals surface area contributed by atoms with Gasteiger partial charge in [0.1, 0.15) is 0 Å². The van der Waals surface area contributed by atoms with Gasteiger partial charge in [-0.15, -0.1) is 0 Å². The first-order chi connectivity index (χ1) is 10.2. The molecule has 0 amide bonds. The van der Waals surface area contributed by atoms with Gasteiger partial charge in [-0.25, -0.2) is 8.78 Å². The maximum absolute atomic E-state index is 13.1. The fourth-order valence-corrected chi connectivity index (χ4v) is 2.17. The van der Waals surface area contributed by atoms with E-state index >= 15 is 0 Å². The van der Waals surface area contributed by atoms with Crippen molar-refractivity contribution in [2.24, 2.45) is 0 Å². The summed E-state index contributed by atoms with van der Waals surface area (Å²) >= 11 is 0. The zero-order chi connectivity index (χ0) is 15.1. The summed E-state index contributed by atoms with van der Waals surface area (Å²) in [7, 11) is 0. The molecule has 0 radical (unpaired) electrons. The van der Waals surface area contributed by atoms with Crippen molar-refractivity contribution in [3.63, 3.8) is 0 Å². The molecular weight excluding hydrogens is 266 g/mol. The van der Waals surface area contributed by atoms with Crippen LogP contribution in [0, 0.1) is 11.6 Å². The molecule has 0 bridgehead atoms. The summed E-state index contributed by atoms with van der Waals surface area (Å²) in [6.45, 7) is 2.16. The average Bonchev–Trinajstić information content (AvgIpc) is 2.50. The zero-order valence-electron chi connectivity index (χ0n) is 12.3. The van der Waals surface area contributed by atoms with Crippen LogP contribution in [0.4, 0.5) is 8.78 Å². The van der Waals surface area contributed by atoms with E-state index in [4.69, 9.17) is 0 Å². The summed E-state index contributed by atoms with van der Waals surface area (Å²) in [4.78, 5) is 0. The molecule has 0 saturated carbocycles. The van der Waals surface area contributed by atoms with Gasteiger partial charge in [-0.1, -0.05) is 55.8 Å². The second-order valence-corrected chi connectivity index (χ2v) is 5.18. The highest BCUT2D eigenvalue weighted by Gasteiger charge is 2.02. The highest BCUT2D eigenvalue weighted by Crippen LogP contribution is 2.13. The first-order valence-corrected chi connectivity index (χ1v) is 7.38. The minimum atomic E-state index is -0.790. The van der Waals surface area contributed by atoms with E-state index in [9.17, 15) is 8.78 Å². The average molecular weight is 286 g/mol. The second-order valence-electron chi connectivity index (χ2n) is 5.18. The molecule has 2 aromatic carbocycles. The minimum Gasteiger partial charge on any atom is -0.204 e. The topological polar surface area (TPSA) is 0 Å². The Bertz CT molecular complexity index is 597. The molecule has 2 rings (SSSR count). The van der Waals surface area contributed by atoms with Gasteiger partial charge in [0.25, 0.3) is 0 Å². The first-order valence-electron chi connectivity index (χ1n) is 7.38. The summed E-state index contributed by atoms with van der Waals surface area (Å²) in [6, 6.07) is 12.5. The number of hydrogen-bond donors (Lipinski definition) is 0. The predicted octanol–water partition coefficient (Wildman–Crippen LogP) is 5.56. The van der Waals surface area contributed by atoms with E-state index in [1.807, 2.05) is 0 Å². The van der Waals surface area contributed by atoms with Crippen molar-refractivity contribution in [1.82, 2.24) is 0 Å². The normalized spacial score (nSPS) is 11.2. The lowest BCUT2D eigenvalue weighted by atomic mass is 10.0. The Morgan fingerprint density at radius 1 is 0.857 bits per heavy atom. The van der Waals surface area contributed by atoms with E-state index in [0.717, 1.165) is 24.8 Å². The highest BCUT2D eigenvalue weighted by molar-refractivity contribution is 5.49. The molecule has 0 aromatic heterocycles. The molecule has 0 fully saturated rings. The number of rotatable bonds is 6. The molecule has 2 heteroatoms. The van der Waals surface area contributed by atoms with Crippen molar-refractivity contribution in [2.45, 2.75) is 32.6 Å². The van der Waals surface area contributed by atoms with Gasteiger partial charge in [-0.05, 0) is 48.1 Å². The van der Waals surface area contributed by atoms with Crippen LogP contribution in [0.25, 0.3) is 6.08 Å². The van der Waals surface area contributed by atoms with Crippen LogP contribution in [0.15, 0.2) is 48.5 Å². The third-order valence-electron chi connectivity index (χ3n) is 3.43. The van der Waals surface area contributed by atoms with Crippen molar-refractivity contribution in [3.8, 4) is 0 Å². The lowest BCUT2D eigenvalue weighted by molar-refractivity contribution is 0.507. The molecule has 0 unspecified atom stereocenters. The Morgan fingerprint density at radius 2 is 1.52 bits per heavy atom. The molecule has 0 spiro atoms. The van der Waals surface area contributed by atoms with Crippen LogP contribution < -0.4 is 0 Å². The van der Waals surface area contributed by atoms with Crippen LogP contribution in [0.5, 0.6) is 0 Å². The minimum absolute atomic E-state index is 0.711. The quantitative estimate of drug-likeness (QED) is 0.652. The van der Waals surface area contributed by atoms with Crippen molar-refractivity contribution in [3.05, 3.63) is 76.9 Å². The molecule has 0 nitrogen and oxygen atoms in total. The standard InChI is InChI=1S/C19H20F2/c1-2-3-4-5-15-6-8-16(9-7-15)10-11-17-12-13-18(20)19(21)14-17/h4-9,12-14H,2-3,10-11H2,1H3. The Hall–Kier alpha value is -1.96. The smallest absolute Gasteiger partial charge is 0.159 e. The van der Waals surface area contributed by atoms with Gasteiger partial charge in [-0.3, -0.25) is 0 Å². The van der Waals surface area contributed by atoms with Gasteiger partial charge >= 0.3 is 0 Å². The molecule has 0 aliphatic carbocycles. The van der Waals surface area contributed by atoms with Gasteiger partial charge in [-0.2, -0.15) is 0 Å². The fraction of sp³-hybridized carbons (Fsp3) is 0.263. The molecule has 0 aliphatic heterocycles. The monoisotopic (exact) mass is 286 g/mol. The fourth-order valence-electron chi connectivity index (χ4n) is 2.17. The van der Waals surface area contributed by atoms with Gasteiger partial charge < -0.3 is 0 Å². The molecule has 0 N–H and O–H groups in total. The molecule has 0 heterocycles. The molecule has 0 atom stereocenters. The number of aryl methyl sites for hydroxylation is 2. The van der Waals surface area contributed by atoms with E-state index in [0.29, 0.717) is 6.42 Å². The number of allylic oxidation sites excluding steroid dienone is 1. The van der Waals surface area contributed by atoms with Gasteiger partial charge in [0.05, 0.1) is 0 Å². The summed E-state index contributed by atoms with van der Waals surface area (Å²) < 4.78 is 26.0. The molecule has 0 aliphatic rings. The van der Waals surface area contributed by atoms with E-state index < -0.39 is 11.6 Å². The Kier molecular flexibility index (Phi) is 5.68. The van der Waals surface area contributed by atoms with Crippen LogP contribution in [0.2, 0.25) is 0 Å². The van der Waals surface area contributed by atoms with E-state index in [1.54, 1.807) is 6.07 Å². The van der Waals surface area contributed by atoms with Crippen LogP contribution in [0.1, 0.15) is 36.5 Å². The van der Waals surface area contributed by atoms with E-state index in [-0.39, 0.29) is 0 Å². The van der Waals surface area contributed by atoms with Crippen molar-refractivity contribution in [2.75, 3.05) is 0 Å². The number of halogens is 2. The van der Waals surface area contributed by atoms with Crippen LogP contribution in [-0.2, 0) is 12.8 Å². The summed E-state index contributed by atoms with van der Waals surface area (Å²) in [5, 5.41) is 0. The maximum Gasteiger partial charge on any atom is 0.159 e. The number of unbranched alkanes of at least 4 members (excludes halogenated alkanes) is 1. The predicted molar refractivity (Wildman–Crippen MR) is 84.2 cm³/mol. The molecule has 2 aromatic rings. The Morgan fingerprint density at radius 3 is 2.19 bits per heavy atom. The number of hydrogen-bond acceptors (Lipinski definition) is 0. The molecule has 110 valence electrons. The summed E-state index contributed by atoms with van der Waals surface area (Å²) in [5.74, 6) is -1.56. The third kappa shape index (κ3) is 4.82. The van der Waals surface area contributed by atoms with Gasteiger partial charge in [0.2, 0.25) is 0 Å². The third-order valence-corrected chi connectivity index (χ3v) is 3.43. The van der Waals surface area contributed by atoms with Crippen molar-refractivity contribution >= 4 is 6.08 Å². The Balaban J connectivity index is 1.92. The first kappa shape index (κ1) is 15.4. The molecular formula is C19H20F2. The largest absolute Gasteiger partial charge is 0.204 e. The van der Waals surface area contributed by atoms with Crippen LogP contribution >= 0.6 is 0 Å². The van der Waals surface area contributed by atoms with E-state index in [1.165, 1.54) is 23.3 Å². The molecule has 21 heavy (non-hydrogen) atoms. The lowest BCUT2D eigenvalue weighted by Crippen LogP contribution is -1.93. The SMILES string of the molecule is CCCC=Cc1ccc(CCc2ccc(F)c(F)c2)cc1. The van der Waals surface area contributed by atoms with Crippen LogP contribution in [-0.4, -0.2) is 0 Å². The van der Waals surface area contributed by atoms with Crippen molar-refractivity contribution in [1.29, 1.82) is 0 Å². The summed E-state index contributed by atoms with van der Waals surface area (Å²) in [6.07, 6.45) is 8.09. The maximum atomic E-state index is 13.1. The van der Waals surface area contributed by atoms with Gasteiger partial charge in [0.15, 0.2) is 11.6 Å².